The Hall–Kier alpha value is -3.84. The molecule has 2 heterocycles. The van der Waals surface area contributed by atoms with Crippen molar-refractivity contribution in [3.8, 4) is 0 Å². The lowest BCUT2D eigenvalue weighted by molar-refractivity contribution is -0.205. The van der Waals surface area contributed by atoms with Crippen LogP contribution in [0.4, 0.5) is 20.8 Å². The summed E-state index contributed by atoms with van der Waals surface area (Å²) in [5.41, 5.74) is 5.04. The van der Waals surface area contributed by atoms with E-state index in [1.165, 1.54) is 30.6 Å². The van der Waals surface area contributed by atoms with Crippen LogP contribution in [0, 0.1) is 39.8 Å². The zero-order valence-corrected chi connectivity index (χ0v) is 27.8. The molecular formula is C34H41FN6O5S. The number of ether oxygens (including phenoxy) is 1. The number of aliphatic hydroxyl groups excluding tert-OH is 1. The monoisotopic (exact) mass is 664 g/mol. The number of esters is 1. The molecule has 250 valence electrons. The molecule has 3 saturated carbocycles. The fourth-order valence-corrected chi connectivity index (χ4v) is 9.44. The summed E-state index contributed by atoms with van der Waals surface area (Å²) in [4.78, 5) is 53.1. The Kier molecular flexibility index (Phi) is 8.44. The highest BCUT2D eigenvalue weighted by Crippen LogP contribution is 2.68. The number of anilines is 2. The van der Waals surface area contributed by atoms with Gasteiger partial charge in [0.05, 0.1) is 11.9 Å². The van der Waals surface area contributed by atoms with Crippen molar-refractivity contribution in [3.05, 3.63) is 49.1 Å². The standard InChI is InChI=1S/C34H41FN6O5S/c1-6-32(4)15-23(33(5)18(2)11-13-34(19(3)27(32)44)14-12-22(42)26(33)34)46-24(43)16-47-29-25-28(39-30(36)40-29)41(17-37-25)31(45)38-21-9-7-20(35)8-10-21/h6-10,17-19,23,26-27,44H,1,11-16H2,2-5H3,(H,38,45)(H2,36,39,40)/t18-,19+,23-,26?,27+,32-,33+,34+/m1/s1. The lowest BCUT2D eigenvalue weighted by Crippen LogP contribution is -2.63. The number of thioether (sulfide) groups is 1. The van der Waals surface area contributed by atoms with Crippen molar-refractivity contribution < 1.29 is 28.6 Å². The van der Waals surface area contributed by atoms with Crippen LogP contribution in [0.15, 0.2) is 48.3 Å². The highest BCUT2D eigenvalue weighted by Gasteiger charge is 2.68. The molecular weight excluding hydrogens is 623 g/mol. The maximum absolute atomic E-state index is 13.7. The van der Waals surface area contributed by atoms with E-state index < -0.39 is 40.9 Å². The number of imidazole rings is 1. The number of halogens is 1. The molecule has 3 aliphatic carbocycles. The van der Waals surface area contributed by atoms with Gasteiger partial charge >= 0.3 is 12.0 Å². The first kappa shape index (κ1) is 33.1. The SMILES string of the molecule is C=C[C@]1(C)C[C@@H](OC(=O)CSc2nc(N)nc3c2ncn3C(=O)Nc2ccc(F)cc2)[C@@]2(C)C3C(=O)CC[C@@]3(CC[C@H]2C)[C@@H](C)[C@@H]1O. The average Bonchev–Trinajstić information content (AvgIpc) is 3.63. The van der Waals surface area contributed by atoms with Crippen molar-refractivity contribution in [1.29, 1.82) is 0 Å². The van der Waals surface area contributed by atoms with Gasteiger partial charge in [0.15, 0.2) is 5.65 Å². The molecule has 47 heavy (non-hydrogen) atoms. The second kappa shape index (κ2) is 12.0. The Morgan fingerprint density at radius 2 is 1.96 bits per heavy atom. The van der Waals surface area contributed by atoms with Crippen molar-refractivity contribution in [3.63, 3.8) is 0 Å². The van der Waals surface area contributed by atoms with Gasteiger partial charge in [-0.25, -0.2) is 23.7 Å². The maximum atomic E-state index is 13.7. The van der Waals surface area contributed by atoms with Crippen LogP contribution in [0.2, 0.25) is 0 Å². The van der Waals surface area contributed by atoms with Crippen molar-refractivity contribution in [2.75, 3.05) is 16.8 Å². The molecule has 0 radical (unpaired) electrons. The molecule has 2 aromatic heterocycles. The molecule has 3 aromatic rings. The number of nitrogens with two attached hydrogens (primary N) is 1. The van der Waals surface area contributed by atoms with E-state index in [-0.39, 0.29) is 56.8 Å². The van der Waals surface area contributed by atoms with Crippen LogP contribution in [-0.2, 0) is 14.3 Å². The lowest BCUT2D eigenvalue weighted by atomic mass is 9.44. The minimum atomic E-state index is -0.755. The largest absolute Gasteiger partial charge is 0.461 e. The number of carbonyl (C=O) groups excluding carboxylic acids is 3. The fraction of sp³-hybridized carbons (Fsp3) is 0.529. The van der Waals surface area contributed by atoms with E-state index in [2.05, 4.69) is 47.6 Å². The van der Waals surface area contributed by atoms with Crippen LogP contribution < -0.4 is 11.1 Å². The number of hydrogen-bond donors (Lipinski definition) is 3. The van der Waals surface area contributed by atoms with Crippen molar-refractivity contribution in [2.24, 2.45) is 34.0 Å². The number of fused-ring (bicyclic) bond motifs is 1. The van der Waals surface area contributed by atoms with Gasteiger partial charge in [-0.1, -0.05) is 45.5 Å². The third-order valence-electron chi connectivity index (χ3n) is 11.6. The lowest BCUT2D eigenvalue weighted by Gasteiger charge is -2.61. The Morgan fingerprint density at radius 1 is 1.23 bits per heavy atom. The topological polar surface area (TPSA) is 162 Å². The van der Waals surface area contributed by atoms with E-state index in [1.54, 1.807) is 6.08 Å². The van der Waals surface area contributed by atoms with E-state index >= 15 is 0 Å². The average molecular weight is 665 g/mol. The smallest absolute Gasteiger partial charge is 0.332 e. The number of nitrogens with zero attached hydrogens (tertiary/aromatic N) is 4. The summed E-state index contributed by atoms with van der Waals surface area (Å²) in [6.07, 6.45) is 4.88. The summed E-state index contributed by atoms with van der Waals surface area (Å²) < 4.78 is 20.8. The van der Waals surface area contributed by atoms with Gasteiger partial charge in [-0.3, -0.25) is 9.59 Å². The number of nitrogen functional groups attached to an aromatic ring is 1. The number of benzene rings is 1. The maximum Gasteiger partial charge on any atom is 0.332 e. The molecule has 1 aromatic carbocycles. The van der Waals surface area contributed by atoms with Crippen molar-refractivity contribution in [1.82, 2.24) is 19.5 Å². The fourth-order valence-electron chi connectivity index (χ4n) is 8.68. The number of ketones is 1. The number of hydrogen-bond acceptors (Lipinski definition) is 10. The summed E-state index contributed by atoms with van der Waals surface area (Å²) in [7, 11) is 0. The van der Waals surface area contributed by atoms with E-state index in [1.807, 2.05) is 6.92 Å². The van der Waals surface area contributed by atoms with E-state index in [9.17, 15) is 23.9 Å². The summed E-state index contributed by atoms with van der Waals surface area (Å²) in [5.74, 6) is -1.36. The van der Waals surface area contributed by atoms with Gasteiger partial charge in [0.1, 0.15) is 34.6 Å². The Bertz CT molecular complexity index is 1750. The van der Waals surface area contributed by atoms with Crippen LogP contribution in [0.5, 0.6) is 0 Å². The number of nitrogens with one attached hydrogen (secondary N) is 1. The van der Waals surface area contributed by atoms with Gasteiger partial charge < -0.3 is 20.9 Å². The Labute approximate surface area is 277 Å². The third kappa shape index (κ3) is 5.41. The summed E-state index contributed by atoms with van der Waals surface area (Å²) in [5, 5.41) is 14.7. The Balaban J connectivity index is 1.25. The number of amides is 1. The molecule has 0 aliphatic heterocycles. The summed E-state index contributed by atoms with van der Waals surface area (Å²) in [6, 6.07) is 4.71. The molecule has 2 bridgehead atoms. The van der Waals surface area contributed by atoms with E-state index in [0.717, 1.165) is 35.6 Å². The van der Waals surface area contributed by atoms with Gasteiger partial charge in [0, 0.05) is 28.9 Å². The second-order valence-electron chi connectivity index (χ2n) is 14.0. The number of aliphatic hydroxyl groups is 1. The minimum absolute atomic E-state index is 0.107. The van der Waals surface area contributed by atoms with Gasteiger partial charge in [-0.05, 0) is 67.2 Å². The van der Waals surface area contributed by atoms with Crippen LogP contribution in [-0.4, -0.2) is 60.4 Å². The number of Topliss-reactive ketones (excluding diaryl/α,β-unsaturated/α-hetero) is 1. The van der Waals surface area contributed by atoms with E-state index in [0.29, 0.717) is 18.5 Å². The molecule has 0 saturated heterocycles. The molecule has 3 fully saturated rings. The number of carbonyl (C=O) groups is 3. The minimum Gasteiger partial charge on any atom is -0.461 e. The summed E-state index contributed by atoms with van der Waals surface area (Å²) >= 11 is 1.06. The molecule has 1 unspecified atom stereocenters. The van der Waals surface area contributed by atoms with Crippen molar-refractivity contribution in [2.45, 2.75) is 77.0 Å². The molecule has 13 heteroatoms. The molecule has 6 rings (SSSR count). The molecule has 1 amide bonds. The van der Waals surface area contributed by atoms with Crippen LogP contribution in [0.25, 0.3) is 11.2 Å². The van der Waals surface area contributed by atoms with Crippen LogP contribution >= 0.6 is 11.8 Å². The van der Waals surface area contributed by atoms with Gasteiger partial charge in [0.25, 0.3) is 0 Å². The molecule has 8 atom stereocenters. The van der Waals surface area contributed by atoms with Crippen LogP contribution in [0.3, 0.4) is 0 Å². The second-order valence-corrected chi connectivity index (χ2v) is 14.9. The summed E-state index contributed by atoms with van der Waals surface area (Å²) in [6.45, 7) is 12.3. The zero-order chi connectivity index (χ0) is 33.9. The zero-order valence-electron chi connectivity index (χ0n) is 27.0. The highest BCUT2D eigenvalue weighted by atomic mass is 32.2. The Morgan fingerprint density at radius 3 is 2.66 bits per heavy atom. The third-order valence-corrected chi connectivity index (χ3v) is 12.5. The molecule has 0 spiro atoms. The first-order chi connectivity index (χ1) is 22.2. The van der Waals surface area contributed by atoms with Crippen molar-refractivity contribution >= 4 is 52.3 Å². The molecule has 3 aliphatic rings. The predicted octanol–water partition coefficient (Wildman–Crippen LogP) is 5.63. The quantitative estimate of drug-likeness (QED) is 0.130. The predicted molar refractivity (Wildman–Crippen MR) is 176 cm³/mol. The van der Waals surface area contributed by atoms with E-state index in [4.69, 9.17) is 10.5 Å². The number of aromatic nitrogens is 4. The number of rotatable bonds is 6. The van der Waals surface area contributed by atoms with Gasteiger partial charge in [0.2, 0.25) is 5.95 Å². The highest BCUT2D eigenvalue weighted by molar-refractivity contribution is 8.00. The molecule has 4 N–H and O–H groups in total. The van der Waals surface area contributed by atoms with Gasteiger partial charge in [-0.2, -0.15) is 4.98 Å². The van der Waals surface area contributed by atoms with Crippen LogP contribution in [0.1, 0.15) is 59.8 Å². The normalized spacial score (nSPS) is 33.5. The first-order valence-corrected chi connectivity index (χ1v) is 17.0. The molecule has 11 nitrogen and oxygen atoms in total. The van der Waals surface area contributed by atoms with Gasteiger partial charge in [-0.15, -0.1) is 6.58 Å². The first-order valence-electron chi connectivity index (χ1n) is 16.0.